The van der Waals surface area contributed by atoms with Gasteiger partial charge in [-0.1, -0.05) is 25.8 Å². The fourth-order valence-electron chi connectivity index (χ4n) is 4.71. The number of hydrogen-bond acceptors (Lipinski definition) is 1. The normalized spacial score (nSPS) is 19.1. The summed E-state index contributed by atoms with van der Waals surface area (Å²) in [5.41, 5.74) is 7.77. The minimum atomic E-state index is -0.574. The lowest BCUT2D eigenvalue weighted by atomic mass is 9.86. The van der Waals surface area contributed by atoms with Gasteiger partial charge in [0.05, 0.1) is 5.41 Å². The van der Waals surface area contributed by atoms with Crippen LogP contribution >= 0.6 is 0 Å². The fraction of sp³-hybridized carbons (Fsp3) is 0.720. The van der Waals surface area contributed by atoms with E-state index in [1.165, 1.54) is 55.2 Å². The molecule has 0 radical (unpaired) electrons. The van der Waals surface area contributed by atoms with E-state index in [9.17, 15) is 9.90 Å². The molecule has 1 aromatic rings. The average Bonchev–Trinajstić information content (AvgIpc) is 3.52. The third-order valence-corrected chi connectivity index (χ3v) is 7.52. The van der Waals surface area contributed by atoms with Crippen molar-refractivity contribution in [1.29, 1.82) is 0 Å². The van der Waals surface area contributed by atoms with E-state index in [2.05, 4.69) is 33.8 Å². The van der Waals surface area contributed by atoms with Crippen molar-refractivity contribution in [2.45, 2.75) is 105 Å². The predicted octanol–water partition coefficient (Wildman–Crippen LogP) is 6.70. The highest BCUT2D eigenvalue weighted by Gasteiger charge is 2.49. The number of aryl methyl sites for hydroxylation is 2. The average molecular weight is 371 g/mol. The van der Waals surface area contributed by atoms with Gasteiger partial charge in [-0.25, -0.2) is 0 Å². The number of aliphatic carboxylic acids is 1. The van der Waals surface area contributed by atoms with Crippen LogP contribution in [0, 0.1) is 31.6 Å². The maximum atomic E-state index is 11.4. The molecule has 150 valence electrons. The number of benzene rings is 1. The van der Waals surface area contributed by atoms with Gasteiger partial charge in [-0.05, 0) is 118 Å². The number of carboxylic acid groups (broad SMARTS) is 1. The zero-order valence-corrected chi connectivity index (χ0v) is 17.9. The molecule has 0 atom stereocenters. The summed E-state index contributed by atoms with van der Waals surface area (Å²) >= 11 is 0. The number of unbranched alkanes of at least 4 members (excludes halogenated alkanes) is 2. The van der Waals surface area contributed by atoms with Crippen molar-refractivity contribution in [3.05, 3.63) is 33.9 Å². The molecule has 0 spiro atoms. The summed E-state index contributed by atoms with van der Waals surface area (Å²) in [5, 5.41) is 9.36. The summed E-state index contributed by atoms with van der Waals surface area (Å²) in [4.78, 5) is 11.4. The van der Waals surface area contributed by atoms with Crippen LogP contribution in [0.15, 0.2) is 6.07 Å². The van der Waals surface area contributed by atoms with Gasteiger partial charge in [-0.3, -0.25) is 4.79 Å². The van der Waals surface area contributed by atoms with Crippen LogP contribution < -0.4 is 0 Å². The Kier molecular flexibility index (Phi) is 6.03. The van der Waals surface area contributed by atoms with E-state index < -0.39 is 5.97 Å². The fourth-order valence-corrected chi connectivity index (χ4v) is 4.71. The molecule has 2 saturated carbocycles. The molecule has 0 saturated heterocycles. The first-order valence-corrected chi connectivity index (χ1v) is 11.1. The molecule has 0 heterocycles. The Bertz CT molecular complexity index is 693. The summed E-state index contributed by atoms with van der Waals surface area (Å²) in [5.74, 6) is -0.574. The molecule has 2 aliphatic carbocycles. The Labute approximate surface area is 165 Å². The molecule has 27 heavy (non-hydrogen) atoms. The van der Waals surface area contributed by atoms with Crippen LogP contribution in [-0.2, 0) is 17.6 Å². The van der Waals surface area contributed by atoms with Crippen molar-refractivity contribution in [3.63, 3.8) is 0 Å². The van der Waals surface area contributed by atoms with E-state index in [0.717, 1.165) is 38.5 Å². The topological polar surface area (TPSA) is 37.3 Å². The van der Waals surface area contributed by atoms with Gasteiger partial charge in [0.1, 0.15) is 0 Å². The van der Waals surface area contributed by atoms with Crippen molar-refractivity contribution in [2.75, 3.05) is 0 Å². The van der Waals surface area contributed by atoms with E-state index in [1.807, 2.05) is 0 Å². The minimum absolute atomic E-state index is 0.362. The van der Waals surface area contributed by atoms with Crippen LogP contribution in [0.4, 0.5) is 0 Å². The molecule has 0 unspecified atom stereocenters. The van der Waals surface area contributed by atoms with Crippen molar-refractivity contribution < 1.29 is 9.90 Å². The summed E-state index contributed by atoms with van der Waals surface area (Å²) in [7, 11) is 0. The van der Waals surface area contributed by atoms with Crippen LogP contribution in [0.5, 0.6) is 0 Å². The van der Waals surface area contributed by atoms with E-state index in [4.69, 9.17) is 0 Å². The third kappa shape index (κ3) is 4.95. The molecule has 0 aromatic heterocycles. The summed E-state index contributed by atoms with van der Waals surface area (Å²) in [6.45, 7) is 9.21. The van der Waals surface area contributed by atoms with E-state index >= 15 is 0 Å². The maximum absolute atomic E-state index is 11.4. The molecule has 2 heteroatoms. The standard InChI is InChI=1S/C25H38O2/c1-18-17-19(2)21(9-5-7-11-24(4)13-14-24)22(20(18)3)10-6-8-12-25(15-16-25)23(26)27/h17H,5-16H2,1-4H3,(H,26,27). The molecule has 0 amide bonds. The summed E-state index contributed by atoms with van der Waals surface area (Å²) in [6, 6.07) is 2.36. The van der Waals surface area contributed by atoms with Gasteiger partial charge in [-0.2, -0.15) is 0 Å². The summed E-state index contributed by atoms with van der Waals surface area (Å²) < 4.78 is 0. The Morgan fingerprint density at radius 1 is 0.889 bits per heavy atom. The molecule has 0 bridgehead atoms. The highest BCUT2D eigenvalue weighted by Crippen LogP contribution is 2.50. The van der Waals surface area contributed by atoms with Crippen molar-refractivity contribution in [2.24, 2.45) is 10.8 Å². The zero-order chi connectivity index (χ0) is 19.7. The van der Waals surface area contributed by atoms with Gasteiger partial charge in [-0.15, -0.1) is 0 Å². The Hall–Kier alpha value is -1.31. The number of hydrogen-bond donors (Lipinski definition) is 1. The Balaban J connectivity index is 1.57. The van der Waals surface area contributed by atoms with E-state index in [1.54, 1.807) is 11.1 Å². The quantitative estimate of drug-likeness (QED) is 0.440. The third-order valence-electron chi connectivity index (χ3n) is 7.52. The lowest BCUT2D eigenvalue weighted by molar-refractivity contribution is -0.143. The van der Waals surface area contributed by atoms with Gasteiger partial charge in [0.2, 0.25) is 0 Å². The molecule has 1 aromatic carbocycles. The van der Waals surface area contributed by atoms with Crippen LogP contribution in [0.1, 0.15) is 98.9 Å². The zero-order valence-electron chi connectivity index (χ0n) is 17.9. The molecule has 2 fully saturated rings. The first-order chi connectivity index (χ1) is 12.8. The minimum Gasteiger partial charge on any atom is -0.481 e. The van der Waals surface area contributed by atoms with E-state index in [-0.39, 0.29) is 5.41 Å². The molecule has 0 aliphatic heterocycles. The monoisotopic (exact) mass is 370 g/mol. The molecule has 2 nitrogen and oxygen atoms in total. The second-order valence-corrected chi connectivity index (χ2v) is 9.90. The second-order valence-electron chi connectivity index (χ2n) is 9.90. The lowest BCUT2D eigenvalue weighted by Gasteiger charge is -2.19. The molecule has 3 rings (SSSR count). The summed E-state index contributed by atoms with van der Waals surface area (Å²) in [6.07, 6.45) is 14.0. The lowest BCUT2D eigenvalue weighted by Crippen LogP contribution is -2.14. The Morgan fingerprint density at radius 3 is 2.04 bits per heavy atom. The maximum Gasteiger partial charge on any atom is 0.309 e. The smallest absolute Gasteiger partial charge is 0.309 e. The first-order valence-electron chi connectivity index (χ1n) is 11.1. The predicted molar refractivity (Wildman–Crippen MR) is 112 cm³/mol. The van der Waals surface area contributed by atoms with Crippen LogP contribution in [-0.4, -0.2) is 11.1 Å². The van der Waals surface area contributed by atoms with Gasteiger partial charge in [0, 0.05) is 0 Å². The molecule has 2 aliphatic rings. The highest BCUT2D eigenvalue weighted by molar-refractivity contribution is 5.77. The first kappa shape index (κ1) is 20.4. The molecule has 1 N–H and O–H groups in total. The van der Waals surface area contributed by atoms with Crippen molar-refractivity contribution >= 4 is 5.97 Å². The van der Waals surface area contributed by atoms with E-state index in [0.29, 0.717) is 5.41 Å². The SMILES string of the molecule is Cc1cc(C)c(CCCCC2(C)CC2)c(CCCCC2(C(=O)O)CC2)c1C. The molecular weight excluding hydrogens is 332 g/mol. The van der Waals surface area contributed by atoms with Crippen LogP contribution in [0.25, 0.3) is 0 Å². The number of carboxylic acids is 1. The van der Waals surface area contributed by atoms with Gasteiger partial charge in [0.15, 0.2) is 0 Å². The van der Waals surface area contributed by atoms with Crippen LogP contribution in [0.2, 0.25) is 0 Å². The van der Waals surface area contributed by atoms with Crippen molar-refractivity contribution in [3.8, 4) is 0 Å². The van der Waals surface area contributed by atoms with Crippen molar-refractivity contribution in [1.82, 2.24) is 0 Å². The van der Waals surface area contributed by atoms with Gasteiger partial charge < -0.3 is 5.11 Å². The highest BCUT2D eigenvalue weighted by atomic mass is 16.4. The van der Waals surface area contributed by atoms with Crippen LogP contribution in [0.3, 0.4) is 0 Å². The van der Waals surface area contributed by atoms with Gasteiger partial charge in [0.25, 0.3) is 0 Å². The number of carbonyl (C=O) groups is 1. The van der Waals surface area contributed by atoms with Gasteiger partial charge >= 0.3 is 5.97 Å². The number of rotatable bonds is 11. The largest absolute Gasteiger partial charge is 0.481 e. The Morgan fingerprint density at radius 2 is 1.48 bits per heavy atom. The second kappa shape index (κ2) is 7.97. The molecular formula is C25H38O2.